The normalized spacial score (nSPS) is 17.9. The van der Waals surface area contributed by atoms with Crippen molar-refractivity contribution >= 4 is 18.3 Å². The van der Waals surface area contributed by atoms with Crippen molar-refractivity contribution in [3.8, 4) is 0 Å². The summed E-state index contributed by atoms with van der Waals surface area (Å²) in [6.45, 7) is 4.33. The van der Waals surface area contributed by atoms with Gasteiger partial charge < -0.3 is 15.7 Å². The molecule has 0 radical (unpaired) electrons. The van der Waals surface area contributed by atoms with Crippen molar-refractivity contribution in [3.05, 3.63) is 35.6 Å². The van der Waals surface area contributed by atoms with Crippen LogP contribution in [0.25, 0.3) is 0 Å². The van der Waals surface area contributed by atoms with Gasteiger partial charge in [-0.2, -0.15) is 0 Å². The number of aliphatic hydroxyl groups excluding tert-OH is 1. The van der Waals surface area contributed by atoms with E-state index in [2.05, 4.69) is 17.6 Å². The van der Waals surface area contributed by atoms with Crippen molar-refractivity contribution in [1.82, 2.24) is 10.6 Å². The molecule has 2 unspecified atom stereocenters. The highest BCUT2D eigenvalue weighted by atomic mass is 35.5. The van der Waals surface area contributed by atoms with E-state index in [1.54, 1.807) is 0 Å². The maximum atomic E-state index is 12.8. The van der Waals surface area contributed by atoms with Crippen LogP contribution in [0.3, 0.4) is 0 Å². The molecule has 0 aliphatic carbocycles. The molecule has 0 aromatic heterocycles. The minimum absolute atomic E-state index is 0. The first-order valence-corrected chi connectivity index (χ1v) is 7.97. The van der Waals surface area contributed by atoms with Crippen LogP contribution in [0.4, 0.5) is 4.39 Å². The Labute approximate surface area is 143 Å². The molecule has 1 aromatic carbocycles. The first kappa shape index (κ1) is 19.9. The Kier molecular flexibility index (Phi) is 8.52. The van der Waals surface area contributed by atoms with Crippen LogP contribution >= 0.6 is 12.4 Å². The number of halogens is 2. The van der Waals surface area contributed by atoms with Crippen LogP contribution in [0.5, 0.6) is 0 Å². The summed E-state index contributed by atoms with van der Waals surface area (Å²) in [5.74, 6) is 0.571. The number of amides is 1. The van der Waals surface area contributed by atoms with E-state index in [-0.39, 0.29) is 30.7 Å². The molecule has 0 spiro atoms. The zero-order valence-corrected chi connectivity index (χ0v) is 14.2. The van der Waals surface area contributed by atoms with Gasteiger partial charge in [-0.15, -0.1) is 12.4 Å². The molecule has 2 rings (SSSR count). The quantitative estimate of drug-likeness (QED) is 0.742. The lowest BCUT2D eigenvalue weighted by atomic mass is 9.84. The van der Waals surface area contributed by atoms with Crippen LogP contribution in [0.15, 0.2) is 24.3 Å². The Bertz CT molecular complexity index is 478. The van der Waals surface area contributed by atoms with E-state index in [1.807, 2.05) is 0 Å². The summed E-state index contributed by atoms with van der Waals surface area (Å²) in [6.07, 6.45) is 1.92. The summed E-state index contributed by atoms with van der Waals surface area (Å²) in [4.78, 5) is 12.0. The van der Waals surface area contributed by atoms with E-state index < -0.39 is 6.10 Å². The summed E-state index contributed by atoms with van der Waals surface area (Å²) in [6, 6.07) is 5.67. The number of piperidine rings is 1. The highest BCUT2D eigenvalue weighted by molar-refractivity contribution is 5.85. The third-order valence-electron chi connectivity index (χ3n) is 4.44. The number of carbonyl (C=O) groups is 1. The smallest absolute Gasteiger partial charge is 0.220 e. The van der Waals surface area contributed by atoms with Gasteiger partial charge in [0, 0.05) is 13.0 Å². The zero-order valence-electron chi connectivity index (χ0n) is 13.4. The number of carbonyl (C=O) groups excluding carboxylic acids is 1. The zero-order chi connectivity index (χ0) is 15.9. The van der Waals surface area contributed by atoms with Crippen molar-refractivity contribution in [2.45, 2.75) is 32.3 Å². The SMILES string of the molecule is CC(CC(=O)NCC(O)c1ccc(F)cc1)C1CCNCC1.Cl. The molecular formula is C17H26ClFN2O2. The van der Waals surface area contributed by atoms with E-state index >= 15 is 0 Å². The minimum atomic E-state index is -0.807. The monoisotopic (exact) mass is 344 g/mol. The topological polar surface area (TPSA) is 61.4 Å². The summed E-state index contributed by atoms with van der Waals surface area (Å²) in [7, 11) is 0. The Morgan fingerprint density at radius 2 is 1.96 bits per heavy atom. The van der Waals surface area contributed by atoms with Crippen LogP contribution in [-0.4, -0.2) is 30.6 Å². The van der Waals surface area contributed by atoms with Crippen LogP contribution in [0, 0.1) is 17.7 Å². The van der Waals surface area contributed by atoms with Gasteiger partial charge in [0.1, 0.15) is 5.82 Å². The van der Waals surface area contributed by atoms with Crippen molar-refractivity contribution in [1.29, 1.82) is 0 Å². The number of rotatable bonds is 6. The number of hydrogen-bond donors (Lipinski definition) is 3. The largest absolute Gasteiger partial charge is 0.387 e. The maximum Gasteiger partial charge on any atom is 0.220 e. The molecular weight excluding hydrogens is 319 g/mol. The number of benzene rings is 1. The van der Waals surface area contributed by atoms with Crippen LogP contribution in [0.1, 0.15) is 37.9 Å². The summed E-state index contributed by atoms with van der Waals surface area (Å²) < 4.78 is 12.8. The van der Waals surface area contributed by atoms with Crippen molar-refractivity contribution < 1.29 is 14.3 Å². The molecule has 1 amide bonds. The lowest BCUT2D eigenvalue weighted by Gasteiger charge is -2.28. The van der Waals surface area contributed by atoms with Gasteiger partial charge in [-0.25, -0.2) is 4.39 Å². The van der Waals surface area contributed by atoms with Gasteiger partial charge in [0.15, 0.2) is 0 Å². The summed E-state index contributed by atoms with van der Waals surface area (Å²) >= 11 is 0. The standard InChI is InChI=1S/C17H25FN2O2.ClH/c1-12(13-6-8-19-9-7-13)10-17(22)20-11-16(21)14-2-4-15(18)5-3-14;/h2-5,12-13,16,19,21H,6-11H2,1H3,(H,20,22);1H. The molecule has 2 atom stereocenters. The predicted octanol–water partition coefficient (Wildman–Crippen LogP) is 2.42. The average Bonchev–Trinajstić information content (AvgIpc) is 2.54. The van der Waals surface area contributed by atoms with Crippen LogP contribution in [0.2, 0.25) is 0 Å². The van der Waals surface area contributed by atoms with Gasteiger partial charge in [0.2, 0.25) is 5.91 Å². The van der Waals surface area contributed by atoms with E-state index in [1.165, 1.54) is 24.3 Å². The molecule has 1 aromatic rings. The van der Waals surface area contributed by atoms with Crippen molar-refractivity contribution in [2.24, 2.45) is 11.8 Å². The molecule has 23 heavy (non-hydrogen) atoms. The molecule has 1 aliphatic rings. The molecule has 6 heteroatoms. The Morgan fingerprint density at radius 3 is 2.57 bits per heavy atom. The molecule has 0 bridgehead atoms. The van der Waals surface area contributed by atoms with Gasteiger partial charge in [-0.05, 0) is 55.5 Å². The van der Waals surface area contributed by atoms with E-state index in [9.17, 15) is 14.3 Å². The van der Waals surface area contributed by atoms with E-state index in [0.29, 0.717) is 23.8 Å². The van der Waals surface area contributed by atoms with Gasteiger partial charge in [-0.3, -0.25) is 4.79 Å². The highest BCUT2D eigenvalue weighted by Crippen LogP contribution is 2.24. The summed E-state index contributed by atoms with van der Waals surface area (Å²) in [5, 5.41) is 16.1. The van der Waals surface area contributed by atoms with Gasteiger partial charge in [0.25, 0.3) is 0 Å². The van der Waals surface area contributed by atoms with Gasteiger partial charge in [0.05, 0.1) is 6.10 Å². The predicted molar refractivity (Wildman–Crippen MR) is 91.0 cm³/mol. The number of hydrogen-bond acceptors (Lipinski definition) is 3. The Balaban J connectivity index is 0.00000264. The molecule has 130 valence electrons. The molecule has 1 aliphatic heterocycles. The van der Waals surface area contributed by atoms with Gasteiger partial charge >= 0.3 is 0 Å². The van der Waals surface area contributed by atoms with Crippen molar-refractivity contribution in [3.63, 3.8) is 0 Å². The highest BCUT2D eigenvalue weighted by Gasteiger charge is 2.22. The van der Waals surface area contributed by atoms with Crippen LogP contribution < -0.4 is 10.6 Å². The fraction of sp³-hybridized carbons (Fsp3) is 0.588. The Hall–Kier alpha value is -1.17. The summed E-state index contributed by atoms with van der Waals surface area (Å²) in [5.41, 5.74) is 0.605. The molecule has 4 nitrogen and oxygen atoms in total. The molecule has 1 fully saturated rings. The maximum absolute atomic E-state index is 12.8. The Morgan fingerprint density at radius 1 is 1.35 bits per heavy atom. The third-order valence-corrected chi connectivity index (χ3v) is 4.44. The van der Waals surface area contributed by atoms with Gasteiger partial charge in [-0.1, -0.05) is 19.1 Å². The lowest BCUT2D eigenvalue weighted by Crippen LogP contribution is -2.34. The fourth-order valence-corrected chi connectivity index (χ4v) is 2.96. The second kappa shape index (κ2) is 9.85. The molecule has 0 saturated carbocycles. The lowest BCUT2D eigenvalue weighted by molar-refractivity contribution is -0.122. The fourth-order valence-electron chi connectivity index (χ4n) is 2.96. The van der Waals surface area contributed by atoms with E-state index in [4.69, 9.17) is 0 Å². The van der Waals surface area contributed by atoms with Crippen LogP contribution in [-0.2, 0) is 4.79 Å². The van der Waals surface area contributed by atoms with E-state index in [0.717, 1.165) is 25.9 Å². The second-order valence-electron chi connectivity index (χ2n) is 6.14. The third kappa shape index (κ3) is 6.45. The molecule has 1 saturated heterocycles. The first-order valence-electron chi connectivity index (χ1n) is 7.97. The first-order chi connectivity index (χ1) is 10.6. The number of aliphatic hydroxyl groups is 1. The molecule has 1 heterocycles. The molecule has 3 N–H and O–H groups in total. The average molecular weight is 345 g/mol. The minimum Gasteiger partial charge on any atom is -0.387 e. The second-order valence-corrected chi connectivity index (χ2v) is 6.14. The number of nitrogens with one attached hydrogen (secondary N) is 2. The van der Waals surface area contributed by atoms with Crippen molar-refractivity contribution in [2.75, 3.05) is 19.6 Å².